The lowest BCUT2D eigenvalue weighted by Gasteiger charge is -2.26. The third-order valence-electron chi connectivity index (χ3n) is 3.50. The number of hydrogen-bond donors (Lipinski definition) is 1. The molecule has 0 aromatic heterocycles. The second kappa shape index (κ2) is 5.66. The number of halogens is 1. The van der Waals surface area contributed by atoms with E-state index in [9.17, 15) is 5.26 Å². The first-order valence-corrected chi connectivity index (χ1v) is 7.35. The Morgan fingerprint density at radius 1 is 1.10 bits per heavy atom. The van der Waals surface area contributed by atoms with Crippen molar-refractivity contribution in [3.63, 3.8) is 0 Å². The van der Waals surface area contributed by atoms with E-state index in [4.69, 9.17) is 0 Å². The van der Waals surface area contributed by atoms with Gasteiger partial charge >= 0.3 is 0 Å². The smallest absolute Gasteiger partial charge is 0.103 e. The van der Waals surface area contributed by atoms with Gasteiger partial charge in [0, 0.05) is 29.8 Å². The summed E-state index contributed by atoms with van der Waals surface area (Å²) in [7, 11) is 0. The summed E-state index contributed by atoms with van der Waals surface area (Å²) in [6.07, 6.45) is 0. The predicted molar refractivity (Wildman–Crippen MR) is 84.0 cm³/mol. The van der Waals surface area contributed by atoms with E-state index in [0.717, 1.165) is 29.8 Å². The summed E-state index contributed by atoms with van der Waals surface area (Å²) in [6.45, 7) is 2.61. The Kier molecular flexibility index (Phi) is 3.72. The van der Waals surface area contributed by atoms with Gasteiger partial charge in [0.05, 0.1) is 11.3 Å². The largest absolute Gasteiger partial charge is 0.339 e. The van der Waals surface area contributed by atoms with Crippen LogP contribution in [-0.4, -0.2) is 13.1 Å². The van der Waals surface area contributed by atoms with Gasteiger partial charge in [-0.2, -0.15) is 5.26 Å². The molecule has 0 amide bonds. The van der Waals surface area contributed by atoms with E-state index in [1.54, 1.807) is 0 Å². The fourth-order valence-corrected chi connectivity index (χ4v) is 3.00. The average Bonchev–Trinajstić information content (AvgIpc) is 2.69. The van der Waals surface area contributed by atoms with E-state index in [0.29, 0.717) is 5.56 Å². The SMILES string of the molecule is N#Cc1c(Br)cccc1N1CCNCc2ccccc21. The maximum Gasteiger partial charge on any atom is 0.103 e. The van der Waals surface area contributed by atoms with Gasteiger partial charge < -0.3 is 10.2 Å². The van der Waals surface area contributed by atoms with Crippen LogP contribution in [0, 0.1) is 11.3 Å². The molecule has 1 aliphatic heterocycles. The summed E-state index contributed by atoms with van der Waals surface area (Å²) in [6, 6.07) is 16.5. The number of nitrogens with zero attached hydrogens (tertiary/aromatic N) is 2. The standard InChI is InChI=1S/C16H14BrN3/c17-14-5-3-7-16(13(14)10-18)20-9-8-19-11-12-4-1-2-6-15(12)20/h1-7,19H,8-9,11H2. The molecule has 2 aromatic rings. The Labute approximate surface area is 127 Å². The minimum atomic E-state index is 0.684. The van der Waals surface area contributed by atoms with Crippen LogP contribution >= 0.6 is 15.9 Å². The molecule has 3 rings (SSSR count). The molecule has 0 unspecified atom stereocenters. The minimum Gasteiger partial charge on any atom is -0.339 e. The second-order valence-corrected chi connectivity index (χ2v) is 5.56. The number of anilines is 2. The molecule has 20 heavy (non-hydrogen) atoms. The van der Waals surface area contributed by atoms with Crippen molar-refractivity contribution >= 4 is 27.3 Å². The molecule has 1 heterocycles. The zero-order chi connectivity index (χ0) is 13.9. The van der Waals surface area contributed by atoms with Crippen LogP contribution in [0.5, 0.6) is 0 Å². The molecule has 0 atom stereocenters. The van der Waals surface area contributed by atoms with Crippen LogP contribution in [0.3, 0.4) is 0 Å². The van der Waals surface area contributed by atoms with Gasteiger partial charge in [-0.3, -0.25) is 0 Å². The maximum absolute atomic E-state index is 9.43. The topological polar surface area (TPSA) is 39.1 Å². The van der Waals surface area contributed by atoms with E-state index < -0.39 is 0 Å². The van der Waals surface area contributed by atoms with E-state index in [-0.39, 0.29) is 0 Å². The summed E-state index contributed by atoms with van der Waals surface area (Å²) in [5.41, 5.74) is 4.07. The predicted octanol–water partition coefficient (Wildman–Crippen LogP) is 3.56. The molecule has 0 saturated heterocycles. The van der Waals surface area contributed by atoms with Gasteiger partial charge in [0.15, 0.2) is 0 Å². The molecule has 0 spiro atoms. The number of fused-ring (bicyclic) bond motifs is 1. The number of nitrogens with one attached hydrogen (secondary N) is 1. The van der Waals surface area contributed by atoms with Crippen LogP contribution in [0.25, 0.3) is 0 Å². The van der Waals surface area contributed by atoms with Gasteiger partial charge in [0.1, 0.15) is 6.07 Å². The molecule has 100 valence electrons. The van der Waals surface area contributed by atoms with Gasteiger partial charge in [0.2, 0.25) is 0 Å². The summed E-state index contributed by atoms with van der Waals surface area (Å²) < 4.78 is 0.840. The maximum atomic E-state index is 9.43. The van der Waals surface area contributed by atoms with Crippen LogP contribution in [-0.2, 0) is 6.54 Å². The number of rotatable bonds is 1. The quantitative estimate of drug-likeness (QED) is 0.870. The van der Waals surface area contributed by atoms with E-state index in [1.807, 2.05) is 24.3 Å². The zero-order valence-electron chi connectivity index (χ0n) is 10.9. The monoisotopic (exact) mass is 327 g/mol. The minimum absolute atomic E-state index is 0.684. The fourth-order valence-electron chi connectivity index (χ4n) is 2.56. The lowest BCUT2D eigenvalue weighted by Crippen LogP contribution is -2.25. The van der Waals surface area contributed by atoms with Crippen molar-refractivity contribution in [1.82, 2.24) is 5.32 Å². The summed E-state index contributed by atoms with van der Waals surface area (Å²) in [5, 5.41) is 12.8. The molecule has 0 saturated carbocycles. The molecule has 2 aromatic carbocycles. The first kappa shape index (κ1) is 13.2. The van der Waals surface area contributed by atoms with Crippen molar-refractivity contribution in [2.75, 3.05) is 18.0 Å². The highest BCUT2D eigenvalue weighted by Gasteiger charge is 2.19. The average molecular weight is 328 g/mol. The van der Waals surface area contributed by atoms with E-state index in [2.05, 4.69) is 50.4 Å². The number of benzene rings is 2. The molecule has 4 heteroatoms. The van der Waals surface area contributed by atoms with Crippen molar-refractivity contribution in [2.24, 2.45) is 0 Å². The third kappa shape index (κ3) is 2.31. The first-order valence-electron chi connectivity index (χ1n) is 6.56. The van der Waals surface area contributed by atoms with E-state index in [1.165, 1.54) is 11.3 Å². The highest BCUT2D eigenvalue weighted by molar-refractivity contribution is 9.10. The first-order chi connectivity index (χ1) is 9.81. The second-order valence-electron chi connectivity index (χ2n) is 4.70. The fraction of sp³-hybridized carbons (Fsp3) is 0.188. The van der Waals surface area contributed by atoms with Crippen molar-refractivity contribution in [2.45, 2.75) is 6.54 Å². The number of hydrogen-bond acceptors (Lipinski definition) is 3. The van der Waals surface area contributed by atoms with Crippen LogP contribution in [0.2, 0.25) is 0 Å². The van der Waals surface area contributed by atoms with Crippen molar-refractivity contribution in [3.05, 3.63) is 58.1 Å². The van der Waals surface area contributed by atoms with Gasteiger partial charge in [-0.25, -0.2) is 0 Å². The van der Waals surface area contributed by atoms with Gasteiger partial charge in [-0.15, -0.1) is 0 Å². The summed E-state index contributed by atoms with van der Waals surface area (Å²) in [4.78, 5) is 2.22. The molecule has 0 aliphatic carbocycles. The van der Waals surface area contributed by atoms with Crippen LogP contribution < -0.4 is 10.2 Å². The summed E-state index contributed by atoms with van der Waals surface area (Å²) in [5.74, 6) is 0. The van der Waals surface area contributed by atoms with Crippen molar-refractivity contribution in [1.29, 1.82) is 5.26 Å². The molecule has 1 N–H and O–H groups in total. The Morgan fingerprint density at radius 3 is 2.75 bits per heavy atom. The Bertz CT molecular complexity index is 676. The molecule has 0 radical (unpaired) electrons. The molecule has 0 bridgehead atoms. The van der Waals surface area contributed by atoms with Gasteiger partial charge in [-0.1, -0.05) is 24.3 Å². The van der Waals surface area contributed by atoms with Crippen molar-refractivity contribution < 1.29 is 0 Å². The molecule has 3 nitrogen and oxygen atoms in total. The summed E-state index contributed by atoms with van der Waals surface area (Å²) >= 11 is 3.47. The van der Waals surface area contributed by atoms with Gasteiger partial charge in [0.25, 0.3) is 0 Å². The zero-order valence-corrected chi connectivity index (χ0v) is 12.5. The highest BCUT2D eigenvalue weighted by Crippen LogP contribution is 2.34. The molecular formula is C16H14BrN3. The molecular weight excluding hydrogens is 314 g/mol. The van der Waals surface area contributed by atoms with Crippen LogP contribution in [0.15, 0.2) is 46.9 Å². The molecule has 0 fully saturated rings. The van der Waals surface area contributed by atoms with Gasteiger partial charge in [-0.05, 0) is 39.7 Å². The van der Waals surface area contributed by atoms with Crippen LogP contribution in [0.4, 0.5) is 11.4 Å². The lowest BCUT2D eigenvalue weighted by molar-refractivity contribution is 0.712. The Morgan fingerprint density at radius 2 is 1.90 bits per heavy atom. The Balaban J connectivity index is 2.16. The number of nitriles is 1. The third-order valence-corrected chi connectivity index (χ3v) is 4.17. The number of para-hydroxylation sites is 1. The highest BCUT2D eigenvalue weighted by atomic mass is 79.9. The Hall–Kier alpha value is -1.83. The normalized spacial score (nSPS) is 14.3. The van der Waals surface area contributed by atoms with E-state index >= 15 is 0 Å². The lowest BCUT2D eigenvalue weighted by atomic mass is 10.1. The van der Waals surface area contributed by atoms with Crippen molar-refractivity contribution in [3.8, 4) is 6.07 Å². The molecule has 1 aliphatic rings. The van der Waals surface area contributed by atoms with Crippen LogP contribution in [0.1, 0.15) is 11.1 Å².